The van der Waals surface area contributed by atoms with Crippen molar-refractivity contribution in [1.82, 2.24) is 8.61 Å². The van der Waals surface area contributed by atoms with E-state index < -0.39 is 32.2 Å². The van der Waals surface area contributed by atoms with Crippen LogP contribution in [0.15, 0.2) is 64.4 Å². The number of sulfonamides is 2. The van der Waals surface area contributed by atoms with E-state index >= 15 is 0 Å². The van der Waals surface area contributed by atoms with E-state index in [4.69, 9.17) is 4.74 Å². The van der Waals surface area contributed by atoms with Crippen LogP contribution < -0.4 is 4.74 Å². The summed E-state index contributed by atoms with van der Waals surface area (Å²) in [6, 6.07) is 12.3. The summed E-state index contributed by atoms with van der Waals surface area (Å²) in [4.78, 5) is 0.163. The lowest BCUT2D eigenvalue weighted by Gasteiger charge is -2.37. The van der Waals surface area contributed by atoms with Gasteiger partial charge >= 0.3 is 0 Å². The number of nitrogens with zero attached hydrogens (tertiary/aromatic N) is 2. The van der Waals surface area contributed by atoms with E-state index in [0.717, 1.165) is 5.56 Å². The third kappa shape index (κ3) is 5.36. The van der Waals surface area contributed by atoms with Crippen LogP contribution in [0.25, 0.3) is 6.08 Å². The van der Waals surface area contributed by atoms with Crippen LogP contribution in [0.4, 0.5) is 0 Å². The van der Waals surface area contributed by atoms with Crippen LogP contribution in [0.1, 0.15) is 26.3 Å². The summed E-state index contributed by atoms with van der Waals surface area (Å²) in [5, 5.41) is 9.74. The second-order valence-electron chi connectivity index (χ2n) is 8.54. The molecule has 0 unspecified atom stereocenters. The summed E-state index contributed by atoms with van der Waals surface area (Å²) < 4.78 is 61.9. The lowest BCUT2D eigenvalue weighted by atomic mass is 10.0. The summed E-state index contributed by atoms with van der Waals surface area (Å²) in [5.41, 5.74) is 0.760. The van der Waals surface area contributed by atoms with Crippen LogP contribution in [0.2, 0.25) is 0 Å². The summed E-state index contributed by atoms with van der Waals surface area (Å²) in [7, 11) is -6.23. The minimum absolute atomic E-state index is 0.00785. The third-order valence-corrected chi connectivity index (χ3v) is 9.80. The smallest absolute Gasteiger partial charge is 0.247 e. The van der Waals surface area contributed by atoms with Gasteiger partial charge in [0.25, 0.3) is 0 Å². The van der Waals surface area contributed by atoms with Crippen molar-refractivity contribution >= 4 is 26.1 Å². The number of aliphatic hydroxyl groups is 1. The molecule has 1 heterocycles. The zero-order valence-electron chi connectivity index (χ0n) is 19.8. The number of hydrogen-bond acceptors (Lipinski definition) is 6. The molecule has 1 aliphatic rings. The average Bonchev–Trinajstić information content (AvgIpc) is 2.81. The fraction of sp³-hybridized carbons (Fsp3) is 0.417. The van der Waals surface area contributed by atoms with E-state index in [9.17, 15) is 21.9 Å². The Balaban J connectivity index is 2.05. The van der Waals surface area contributed by atoms with E-state index in [2.05, 4.69) is 0 Å². The quantitative estimate of drug-likeness (QED) is 0.617. The molecule has 0 saturated heterocycles. The van der Waals surface area contributed by atoms with E-state index in [0.29, 0.717) is 0 Å². The Bertz CT molecular complexity index is 1230. The molecule has 0 amide bonds. The van der Waals surface area contributed by atoms with Gasteiger partial charge in [-0.05, 0) is 43.7 Å². The maximum Gasteiger partial charge on any atom is 0.247 e. The molecule has 8 nitrogen and oxygen atoms in total. The van der Waals surface area contributed by atoms with Gasteiger partial charge in [-0.1, -0.05) is 43.3 Å². The highest BCUT2D eigenvalue weighted by atomic mass is 32.2. The number of fused-ring (bicyclic) bond motifs is 1. The maximum absolute atomic E-state index is 13.5. The summed E-state index contributed by atoms with van der Waals surface area (Å²) >= 11 is 0. The molecule has 186 valence electrons. The molecule has 0 aliphatic carbocycles. The Morgan fingerprint density at radius 2 is 1.91 bits per heavy atom. The number of ether oxygens (including phenoxy) is 1. The predicted octanol–water partition coefficient (Wildman–Crippen LogP) is 2.81. The van der Waals surface area contributed by atoms with Crippen LogP contribution in [0.5, 0.6) is 5.75 Å². The van der Waals surface area contributed by atoms with Gasteiger partial charge < -0.3 is 9.84 Å². The highest BCUT2D eigenvalue weighted by Crippen LogP contribution is 2.34. The van der Waals surface area contributed by atoms with Gasteiger partial charge in [-0.25, -0.2) is 16.8 Å². The van der Waals surface area contributed by atoms with Gasteiger partial charge in [-0.15, -0.1) is 0 Å². The molecule has 0 fully saturated rings. The molecule has 3 atom stereocenters. The van der Waals surface area contributed by atoms with E-state index in [1.807, 2.05) is 26.0 Å². The van der Waals surface area contributed by atoms with E-state index in [-0.39, 0.29) is 41.2 Å². The monoisotopic (exact) mass is 508 g/mol. The van der Waals surface area contributed by atoms with Crippen molar-refractivity contribution in [3.63, 3.8) is 0 Å². The number of likely N-dealkylation sites (N-methyl/N-ethyl adjacent to an activating group) is 1. The molecule has 2 aromatic rings. The van der Waals surface area contributed by atoms with Crippen LogP contribution in [-0.2, 0) is 20.0 Å². The Labute approximate surface area is 202 Å². The molecule has 2 aromatic carbocycles. The molecule has 0 bridgehead atoms. The summed E-state index contributed by atoms with van der Waals surface area (Å²) in [6.45, 7) is 5.07. The van der Waals surface area contributed by atoms with E-state index in [1.165, 1.54) is 33.9 Å². The molecule has 1 aliphatic heterocycles. The highest BCUT2D eigenvalue weighted by Gasteiger charge is 2.39. The Kier molecular flexibility index (Phi) is 8.20. The second kappa shape index (κ2) is 10.6. The first-order valence-electron chi connectivity index (χ1n) is 11.1. The Hall–Kier alpha value is -2.24. The summed E-state index contributed by atoms with van der Waals surface area (Å²) in [5.74, 6) is -0.205. The van der Waals surface area contributed by atoms with Crippen molar-refractivity contribution < 1.29 is 26.7 Å². The maximum atomic E-state index is 13.5. The van der Waals surface area contributed by atoms with Gasteiger partial charge in [0.15, 0.2) is 0 Å². The molecular formula is C24H32N2O6S2. The van der Waals surface area contributed by atoms with Crippen LogP contribution in [0.3, 0.4) is 0 Å². The molecule has 34 heavy (non-hydrogen) atoms. The number of benzene rings is 2. The van der Waals surface area contributed by atoms with Gasteiger partial charge in [-0.2, -0.15) is 8.61 Å². The Morgan fingerprint density at radius 3 is 2.53 bits per heavy atom. The standard InChI is InChI=1S/C24H32N2O6S2/c1-5-9-20-12-13-24-22(14-20)32-23(18(2)15-26(19(3)17-27)34(24,30)31)16-25(4)33(28,29)21-10-7-6-8-11-21/h5-14,18-19,23,27H,15-17H2,1-4H3/b9-5+/t18-,19+,23-/m1/s1. The molecule has 0 radical (unpaired) electrons. The molecule has 0 spiro atoms. The second-order valence-corrected chi connectivity index (χ2v) is 12.4. The third-order valence-electron chi connectivity index (χ3n) is 5.94. The largest absolute Gasteiger partial charge is 0.487 e. The van der Waals surface area contributed by atoms with Gasteiger partial charge in [0.1, 0.15) is 16.7 Å². The van der Waals surface area contributed by atoms with Crippen molar-refractivity contribution in [2.75, 3.05) is 26.7 Å². The minimum atomic E-state index is -3.95. The zero-order chi connectivity index (χ0) is 25.1. The van der Waals surface area contributed by atoms with Crippen molar-refractivity contribution in [3.05, 3.63) is 60.2 Å². The lowest BCUT2D eigenvalue weighted by Crippen LogP contribution is -2.50. The van der Waals surface area contributed by atoms with Crippen molar-refractivity contribution in [2.24, 2.45) is 5.92 Å². The number of aliphatic hydroxyl groups excluding tert-OH is 1. The number of allylic oxidation sites excluding steroid dienone is 1. The molecule has 1 N–H and O–H groups in total. The predicted molar refractivity (Wildman–Crippen MR) is 131 cm³/mol. The van der Waals surface area contributed by atoms with Crippen LogP contribution in [-0.4, -0.2) is 69.4 Å². The first kappa shape index (κ1) is 26.4. The normalized spacial score (nSPS) is 22.1. The van der Waals surface area contributed by atoms with Crippen molar-refractivity contribution in [1.29, 1.82) is 0 Å². The topological polar surface area (TPSA) is 104 Å². The molecular weight excluding hydrogens is 476 g/mol. The first-order chi connectivity index (χ1) is 16.0. The van der Waals surface area contributed by atoms with Crippen molar-refractivity contribution in [3.8, 4) is 5.75 Å². The van der Waals surface area contributed by atoms with Gasteiger partial charge in [0.05, 0.1) is 18.0 Å². The highest BCUT2D eigenvalue weighted by molar-refractivity contribution is 7.89. The number of rotatable bonds is 7. The molecule has 0 aromatic heterocycles. The fourth-order valence-corrected chi connectivity index (χ4v) is 6.91. The molecule has 10 heteroatoms. The van der Waals surface area contributed by atoms with Crippen LogP contribution in [0, 0.1) is 5.92 Å². The average molecular weight is 509 g/mol. The van der Waals surface area contributed by atoms with Gasteiger partial charge in [0.2, 0.25) is 20.0 Å². The lowest BCUT2D eigenvalue weighted by molar-refractivity contribution is 0.0904. The zero-order valence-corrected chi connectivity index (χ0v) is 21.5. The summed E-state index contributed by atoms with van der Waals surface area (Å²) in [6.07, 6.45) is 3.03. The van der Waals surface area contributed by atoms with Gasteiger partial charge in [-0.3, -0.25) is 0 Å². The van der Waals surface area contributed by atoms with Crippen LogP contribution >= 0.6 is 0 Å². The Morgan fingerprint density at radius 1 is 1.24 bits per heavy atom. The molecule has 3 rings (SSSR count). The fourth-order valence-electron chi connectivity index (χ4n) is 3.88. The SMILES string of the molecule is C/C=C/c1ccc2c(c1)O[C@H](CN(C)S(=O)(=O)c1ccccc1)[C@H](C)CN([C@@H](C)CO)S2(=O)=O. The van der Waals surface area contributed by atoms with E-state index in [1.54, 1.807) is 37.3 Å². The van der Waals surface area contributed by atoms with Gasteiger partial charge in [0, 0.05) is 25.6 Å². The first-order valence-corrected chi connectivity index (χ1v) is 14.0. The molecule has 0 saturated carbocycles. The number of hydrogen-bond donors (Lipinski definition) is 1. The van der Waals surface area contributed by atoms with Crippen molar-refractivity contribution in [2.45, 2.75) is 42.7 Å². The minimum Gasteiger partial charge on any atom is -0.487 e.